The maximum atomic E-state index is 6.30. The third-order valence-corrected chi connectivity index (χ3v) is 4.06. The summed E-state index contributed by atoms with van der Waals surface area (Å²) in [5, 5.41) is 0. The first-order chi connectivity index (χ1) is 7.61. The number of aryl methyl sites for hydroxylation is 2. The van der Waals surface area contributed by atoms with Crippen LogP contribution in [0.3, 0.4) is 0 Å². The molecule has 0 saturated carbocycles. The summed E-state index contributed by atoms with van der Waals surface area (Å²) in [5.74, 6) is 0. The second-order valence-electron chi connectivity index (χ2n) is 4.07. The van der Waals surface area contributed by atoms with Crippen molar-refractivity contribution in [3.63, 3.8) is 0 Å². The van der Waals surface area contributed by atoms with Crippen LogP contribution in [0.25, 0.3) is 0 Å². The number of rotatable bonds is 2. The first kappa shape index (κ1) is 11.3. The molecule has 1 aromatic carbocycles. The highest BCUT2D eigenvalue weighted by Gasteiger charge is 2.16. The van der Waals surface area contributed by atoms with Crippen molar-refractivity contribution in [1.82, 2.24) is 4.98 Å². The van der Waals surface area contributed by atoms with Crippen LogP contribution in [0.1, 0.15) is 33.3 Å². The molecule has 0 radical (unpaired) electrons. The van der Waals surface area contributed by atoms with Crippen LogP contribution >= 0.6 is 11.3 Å². The maximum Gasteiger partial charge on any atom is 0.0798 e. The molecular weight excluding hydrogens is 216 g/mol. The van der Waals surface area contributed by atoms with Crippen LogP contribution < -0.4 is 5.73 Å². The minimum atomic E-state index is -0.0487. The molecule has 0 bridgehead atoms. The van der Waals surface area contributed by atoms with Gasteiger partial charge in [0.05, 0.1) is 17.2 Å². The Bertz CT molecular complexity index is 502. The second kappa shape index (κ2) is 4.36. The molecule has 2 nitrogen and oxygen atoms in total. The average molecular weight is 232 g/mol. The molecule has 1 unspecified atom stereocenters. The van der Waals surface area contributed by atoms with Gasteiger partial charge in [-0.3, -0.25) is 0 Å². The number of nitrogens with two attached hydrogens (primary N) is 1. The molecule has 2 N–H and O–H groups in total. The molecule has 2 aromatic rings. The maximum absolute atomic E-state index is 6.30. The largest absolute Gasteiger partial charge is 0.320 e. The lowest BCUT2D eigenvalue weighted by atomic mass is 9.97. The Hall–Kier alpha value is -1.19. The number of nitrogens with zero attached hydrogens (tertiary/aromatic N) is 1. The van der Waals surface area contributed by atoms with Crippen molar-refractivity contribution in [3.05, 3.63) is 51.0 Å². The molecule has 0 aliphatic rings. The smallest absolute Gasteiger partial charge is 0.0798 e. The molecule has 0 fully saturated rings. The molecule has 0 saturated heterocycles. The highest BCUT2D eigenvalue weighted by atomic mass is 32.1. The zero-order chi connectivity index (χ0) is 11.7. The van der Waals surface area contributed by atoms with Gasteiger partial charge in [0.2, 0.25) is 0 Å². The van der Waals surface area contributed by atoms with E-state index in [2.05, 4.69) is 37.0 Å². The number of thiazole rings is 1. The summed E-state index contributed by atoms with van der Waals surface area (Å²) in [6, 6.07) is 6.23. The molecule has 3 heteroatoms. The lowest BCUT2D eigenvalue weighted by Gasteiger charge is -2.15. The van der Waals surface area contributed by atoms with Crippen LogP contribution in [0, 0.1) is 20.8 Å². The highest BCUT2D eigenvalue weighted by Crippen LogP contribution is 2.28. The molecule has 1 heterocycles. The molecule has 0 aliphatic heterocycles. The van der Waals surface area contributed by atoms with E-state index in [0.29, 0.717) is 0 Å². The molecule has 1 atom stereocenters. The molecule has 1 aromatic heterocycles. The van der Waals surface area contributed by atoms with Gasteiger partial charge < -0.3 is 5.73 Å². The van der Waals surface area contributed by atoms with Crippen LogP contribution in [0.5, 0.6) is 0 Å². The van der Waals surface area contributed by atoms with Crippen LogP contribution in [0.2, 0.25) is 0 Å². The van der Waals surface area contributed by atoms with Gasteiger partial charge in [0.15, 0.2) is 0 Å². The zero-order valence-corrected chi connectivity index (χ0v) is 10.6. The predicted octanol–water partition coefficient (Wildman–Crippen LogP) is 3.12. The Balaban J connectivity index is 2.46. The molecule has 16 heavy (non-hydrogen) atoms. The number of hydrogen-bond donors (Lipinski definition) is 1. The predicted molar refractivity (Wildman–Crippen MR) is 68.8 cm³/mol. The van der Waals surface area contributed by atoms with Gasteiger partial charge in [-0.25, -0.2) is 4.98 Å². The van der Waals surface area contributed by atoms with Gasteiger partial charge in [-0.1, -0.05) is 18.2 Å². The lowest BCUT2D eigenvalue weighted by molar-refractivity contribution is 0.865. The van der Waals surface area contributed by atoms with E-state index >= 15 is 0 Å². The summed E-state index contributed by atoms with van der Waals surface area (Å²) < 4.78 is 0. The van der Waals surface area contributed by atoms with Gasteiger partial charge in [-0.2, -0.15) is 0 Å². The van der Waals surface area contributed by atoms with E-state index < -0.39 is 0 Å². The zero-order valence-electron chi connectivity index (χ0n) is 9.82. The van der Waals surface area contributed by atoms with Crippen molar-refractivity contribution in [1.29, 1.82) is 0 Å². The minimum absolute atomic E-state index is 0.0487. The summed E-state index contributed by atoms with van der Waals surface area (Å²) in [6.07, 6.45) is 0. The Kier molecular flexibility index (Phi) is 3.08. The van der Waals surface area contributed by atoms with E-state index in [-0.39, 0.29) is 6.04 Å². The summed E-state index contributed by atoms with van der Waals surface area (Å²) in [4.78, 5) is 5.41. The SMILES string of the molecule is Cc1cccc(C(N)c2scnc2C)c1C. The molecule has 84 valence electrons. The summed E-state index contributed by atoms with van der Waals surface area (Å²) in [5.41, 5.74) is 13.0. The van der Waals surface area contributed by atoms with Crippen molar-refractivity contribution in [2.24, 2.45) is 5.73 Å². The van der Waals surface area contributed by atoms with E-state index in [0.717, 1.165) is 10.6 Å². The molecule has 2 rings (SSSR count). The number of benzene rings is 1. The Morgan fingerprint density at radius 1 is 1.25 bits per heavy atom. The van der Waals surface area contributed by atoms with Crippen LogP contribution in [-0.4, -0.2) is 4.98 Å². The number of aromatic nitrogens is 1. The second-order valence-corrected chi connectivity index (χ2v) is 4.96. The average Bonchev–Trinajstić information content (AvgIpc) is 2.68. The highest BCUT2D eigenvalue weighted by molar-refractivity contribution is 7.09. The van der Waals surface area contributed by atoms with Crippen molar-refractivity contribution in [2.75, 3.05) is 0 Å². The van der Waals surface area contributed by atoms with Gasteiger partial charge in [-0.05, 0) is 37.5 Å². The molecule has 0 spiro atoms. The molecular formula is C13H16N2S. The van der Waals surface area contributed by atoms with Gasteiger partial charge >= 0.3 is 0 Å². The first-order valence-electron chi connectivity index (χ1n) is 5.33. The molecule has 0 amide bonds. The van der Waals surface area contributed by atoms with Crippen molar-refractivity contribution >= 4 is 11.3 Å². The van der Waals surface area contributed by atoms with Gasteiger partial charge in [0.1, 0.15) is 0 Å². The topological polar surface area (TPSA) is 38.9 Å². The monoisotopic (exact) mass is 232 g/mol. The standard InChI is InChI=1S/C13H16N2S/c1-8-5-4-6-11(9(8)2)12(14)13-10(3)15-7-16-13/h4-7,12H,14H2,1-3H3. The van der Waals surface area contributed by atoms with Crippen molar-refractivity contribution < 1.29 is 0 Å². The van der Waals surface area contributed by atoms with E-state index in [4.69, 9.17) is 5.73 Å². The lowest BCUT2D eigenvalue weighted by Crippen LogP contribution is -2.13. The van der Waals surface area contributed by atoms with Crippen LogP contribution in [0.15, 0.2) is 23.7 Å². The third-order valence-electron chi connectivity index (χ3n) is 3.05. The van der Waals surface area contributed by atoms with Gasteiger partial charge in [0, 0.05) is 4.88 Å². The van der Waals surface area contributed by atoms with Crippen LogP contribution in [0.4, 0.5) is 0 Å². The normalized spacial score (nSPS) is 12.8. The fourth-order valence-corrected chi connectivity index (χ4v) is 2.68. The van der Waals surface area contributed by atoms with E-state index in [1.165, 1.54) is 16.7 Å². The fourth-order valence-electron chi connectivity index (χ4n) is 1.86. The van der Waals surface area contributed by atoms with Crippen LogP contribution in [-0.2, 0) is 0 Å². The third kappa shape index (κ3) is 1.88. The Morgan fingerprint density at radius 2 is 2.00 bits per heavy atom. The Morgan fingerprint density at radius 3 is 2.62 bits per heavy atom. The Labute approximate surface area is 100 Å². The summed E-state index contributed by atoms with van der Waals surface area (Å²) >= 11 is 1.63. The minimum Gasteiger partial charge on any atom is -0.320 e. The first-order valence-corrected chi connectivity index (χ1v) is 6.21. The molecule has 0 aliphatic carbocycles. The summed E-state index contributed by atoms with van der Waals surface area (Å²) in [6.45, 7) is 6.25. The summed E-state index contributed by atoms with van der Waals surface area (Å²) in [7, 11) is 0. The van der Waals surface area contributed by atoms with E-state index in [9.17, 15) is 0 Å². The fraction of sp³-hybridized carbons (Fsp3) is 0.308. The van der Waals surface area contributed by atoms with E-state index in [1.807, 2.05) is 12.4 Å². The quantitative estimate of drug-likeness (QED) is 0.864. The van der Waals surface area contributed by atoms with Gasteiger partial charge in [0.25, 0.3) is 0 Å². The van der Waals surface area contributed by atoms with Crippen molar-refractivity contribution in [3.8, 4) is 0 Å². The van der Waals surface area contributed by atoms with Crippen molar-refractivity contribution in [2.45, 2.75) is 26.8 Å². The number of hydrogen-bond acceptors (Lipinski definition) is 3. The van der Waals surface area contributed by atoms with E-state index in [1.54, 1.807) is 11.3 Å². The van der Waals surface area contributed by atoms with Gasteiger partial charge in [-0.15, -0.1) is 11.3 Å².